The van der Waals surface area contributed by atoms with Crippen LogP contribution in [0, 0.1) is 11.1 Å². The Hall–Kier alpha value is -2.31. The molecule has 0 spiro atoms. The van der Waals surface area contributed by atoms with E-state index >= 15 is 0 Å². The van der Waals surface area contributed by atoms with Crippen molar-refractivity contribution in [2.24, 2.45) is 5.92 Å². The second-order valence-corrected chi connectivity index (χ2v) is 7.17. The minimum Gasteiger partial charge on any atom is -0.619 e. The normalized spacial score (nSPS) is 20.9. The van der Waals surface area contributed by atoms with Crippen molar-refractivity contribution >= 4 is 12.1 Å². The van der Waals surface area contributed by atoms with Crippen LogP contribution in [0.5, 0.6) is 0 Å². The highest BCUT2D eigenvalue weighted by atomic mass is 16.6. The second-order valence-electron chi connectivity index (χ2n) is 7.17. The molecule has 2 rings (SSSR count). The summed E-state index contributed by atoms with van der Waals surface area (Å²) in [7, 11) is 0. The van der Waals surface area contributed by atoms with Gasteiger partial charge in [0.25, 0.3) is 0 Å². The van der Waals surface area contributed by atoms with Gasteiger partial charge in [-0.05, 0) is 39.7 Å². The molecule has 1 aliphatic heterocycles. The lowest BCUT2D eigenvalue weighted by Gasteiger charge is -2.37. The summed E-state index contributed by atoms with van der Waals surface area (Å²) in [5.74, 6) is -0.915. The Morgan fingerprint density at radius 2 is 1.96 bits per heavy atom. The number of hydrogen-bond acceptors (Lipinski definition) is 5. The fourth-order valence-electron chi connectivity index (χ4n) is 3.00. The molecule has 1 aromatic rings. The third-order valence-corrected chi connectivity index (χ3v) is 4.11. The van der Waals surface area contributed by atoms with Crippen LogP contribution in [0.15, 0.2) is 24.5 Å². The fourth-order valence-corrected chi connectivity index (χ4v) is 3.00. The maximum Gasteiger partial charge on any atom is 0.410 e. The SMILES string of the molecule is CCOC(=O)[C@H]1CN(C(=O)OC(C)(C)C)CC[C@@H]1c1cc[n+]([O-])cc1. The van der Waals surface area contributed by atoms with E-state index in [1.54, 1.807) is 24.0 Å². The Bertz CT molecular complexity index is 609. The van der Waals surface area contributed by atoms with E-state index < -0.39 is 17.6 Å². The van der Waals surface area contributed by atoms with Crippen LogP contribution in [0.4, 0.5) is 4.79 Å². The average Bonchev–Trinajstić information content (AvgIpc) is 2.54. The molecule has 1 fully saturated rings. The van der Waals surface area contributed by atoms with Gasteiger partial charge >= 0.3 is 12.1 Å². The van der Waals surface area contributed by atoms with Crippen molar-refractivity contribution in [3.8, 4) is 0 Å². The van der Waals surface area contributed by atoms with Gasteiger partial charge in [0.2, 0.25) is 0 Å². The van der Waals surface area contributed by atoms with Crippen molar-refractivity contribution in [2.45, 2.75) is 45.6 Å². The number of amides is 1. The van der Waals surface area contributed by atoms with Gasteiger partial charge in [0.05, 0.1) is 12.5 Å². The standard InChI is InChI=1S/C18H26N2O5/c1-5-24-16(21)15-12-19(17(22)25-18(2,3)4)9-8-14(15)13-6-10-20(23)11-7-13/h6-7,10-11,14-15H,5,8-9,12H2,1-4H3/t14-,15+/m1/s1. The van der Waals surface area contributed by atoms with E-state index in [9.17, 15) is 14.8 Å². The van der Waals surface area contributed by atoms with Crippen LogP contribution in [0.2, 0.25) is 0 Å². The van der Waals surface area contributed by atoms with Crippen molar-refractivity contribution in [3.05, 3.63) is 35.3 Å². The van der Waals surface area contributed by atoms with Crippen LogP contribution in [0.25, 0.3) is 0 Å². The molecule has 25 heavy (non-hydrogen) atoms. The summed E-state index contributed by atoms with van der Waals surface area (Å²) >= 11 is 0. The molecule has 7 nitrogen and oxygen atoms in total. The van der Waals surface area contributed by atoms with Crippen LogP contribution in [-0.4, -0.2) is 42.3 Å². The maximum atomic E-state index is 12.4. The summed E-state index contributed by atoms with van der Waals surface area (Å²) in [6.07, 6.45) is 3.01. The number of likely N-dealkylation sites (tertiary alicyclic amines) is 1. The number of nitrogens with zero attached hydrogens (tertiary/aromatic N) is 2. The molecule has 0 saturated carbocycles. The molecule has 2 atom stereocenters. The highest BCUT2D eigenvalue weighted by Crippen LogP contribution is 2.34. The molecule has 0 unspecified atom stereocenters. The van der Waals surface area contributed by atoms with Crippen LogP contribution < -0.4 is 4.73 Å². The first kappa shape index (κ1) is 19.0. The Kier molecular flexibility index (Phi) is 5.87. The monoisotopic (exact) mass is 350 g/mol. The third-order valence-electron chi connectivity index (χ3n) is 4.11. The van der Waals surface area contributed by atoms with Gasteiger partial charge in [-0.15, -0.1) is 0 Å². The molecule has 0 aromatic carbocycles. The van der Waals surface area contributed by atoms with Gasteiger partial charge in [0, 0.05) is 31.1 Å². The molecule has 0 radical (unpaired) electrons. The fraction of sp³-hybridized carbons (Fsp3) is 0.611. The minimum absolute atomic E-state index is 0.0982. The van der Waals surface area contributed by atoms with Gasteiger partial charge in [0.1, 0.15) is 5.60 Å². The van der Waals surface area contributed by atoms with E-state index in [2.05, 4.69) is 0 Å². The Morgan fingerprint density at radius 1 is 1.32 bits per heavy atom. The number of hydrogen-bond donors (Lipinski definition) is 0. The minimum atomic E-state index is -0.589. The van der Waals surface area contributed by atoms with Crippen molar-refractivity contribution < 1.29 is 23.8 Å². The largest absolute Gasteiger partial charge is 0.619 e. The van der Waals surface area contributed by atoms with Gasteiger partial charge in [-0.3, -0.25) is 4.79 Å². The van der Waals surface area contributed by atoms with E-state index in [-0.39, 0.29) is 25.0 Å². The molecule has 1 aromatic heterocycles. The Morgan fingerprint density at radius 3 is 2.52 bits per heavy atom. The molecule has 0 aliphatic carbocycles. The number of ether oxygens (including phenoxy) is 2. The molecule has 1 amide bonds. The van der Waals surface area contributed by atoms with Crippen molar-refractivity contribution in [1.82, 2.24) is 4.90 Å². The highest BCUT2D eigenvalue weighted by Gasteiger charge is 2.39. The molecular formula is C18H26N2O5. The molecule has 0 N–H and O–H groups in total. The number of piperidine rings is 1. The average molecular weight is 350 g/mol. The third kappa shape index (κ3) is 5.08. The lowest BCUT2D eigenvalue weighted by Crippen LogP contribution is -2.47. The molecule has 1 aliphatic rings. The zero-order valence-electron chi connectivity index (χ0n) is 15.2. The predicted octanol–water partition coefficient (Wildman–Crippen LogP) is 2.22. The predicted molar refractivity (Wildman–Crippen MR) is 90.7 cm³/mol. The number of esters is 1. The lowest BCUT2D eigenvalue weighted by molar-refractivity contribution is -0.605. The number of aromatic nitrogens is 1. The van der Waals surface area contributed by atoms with E-state index in [1.165, 1.54) is 12.4 Å². The van der Waals surface area contributed by atoms with Gasteiger partial charge in [-0.2, -0.15) is 4.73 Å². The Balaban J connectivity index is 2.18. The number of pyridine rings is 1. The summed E-state index contributed by atoms with van der Waals surface area (Å²) in [5.41, 5.74) is 0.308. The van der Waals surface area contributed by atoms with E-state index in [1.807, 2.05) is 20.8 Å². The lowest BCUT2D eigenvalue weighted by atomic mass is 9.81. The number of carbonyl (C=O) groups excluding carboxylic acids is 2. The van der Waals surface area contributed by atoms with Gasteiger partial charge < -0.3 is 19.6 Å². The van der Waals surface area contributed by atoms with Gasteiger partial charge in [-0.1, -0.05) is 0 Å². The maximum absolute atomic E-state index is 12.4. The first-order valence-electron chi connectivity index (χ1n) is 8.54. The summed E-state index contributed by atoms with van der Waals surface area (Å²) in [6.45, 7) is 8.19. The number of carbonyl (C=O) groups is 2. The Labute approximate surface area is 148 Å². The van der Waals surface area contributed by atoms with Gasteiger partial charge in [-0.25, -0.2) is 4.79 Å². The zero-order valence-corrected chi connectivity index (χ0v) is 15.2. The molecule has 1 saturated heterocycles. The first-order chi connectivity index (χ1) is 11.7. The summed E-state index contributed by atoms with van der Waals surface area (Å²) < 4.78 is 11.3. The van der Waals surface area contributed by atoms with Crippen molar-refractivity contribution in [3.63, 3.8) is 0 Å². The topological polar surface area (TPSA) is 82.8 Å². The van der Waals surface area contributed by atoms with Crippen molar-refractivity contribution in [2.75, 3.05) is 19.7 Å². The molecule has 138 valence electrons. The van der Waals surface area contributed by atoms with E-state index in [0.29, 0.717) is 17.7 Å². The van der Waals surface area contributed by atoms with E-state index in [0.717, 1.165) is 5.56 Å². The second kappa shape index (κ2) is 7.72. The van der Waals surface area contributed by atoms with E-state index in [4.69, 9.17) is 9.47 Å². The van der Waals surface area contributed by atoms with Crippen LogP contribution in [0.1, 0.15) is 45.6 Å². The summed E-state index contributed by atoms with van der Waals surface area (Å²) in [6, 6.07) is 3.43. The van der Waals surface area contributed by atoms with Crippen molar-refractivity contribution in [1.29, 1.82) is 0 Å². The quantitative estimate of drug-likeness (QED) is 0.474. The smallest absolute Gasteiger partial charge is 0.410 e. The van der Waals surface area contributed by atoms with Crippen LogP contribution in [0.3, 0.4) is 0 Å². The molecular weight excluding hydrogens is 324 g/mol. The summed E-state index contributed by atoms with van der Waals surface area (Å²) in [5, 5.41) is 11.3. The van der Waals surface area contributed by atoms with Crippen LogP contribution >= 0.6 is 0 Å². The number of rotatable bonds is 3. The molecule has 7 heteroatoms. The van der Waals surface area contributed by atoms with Gasteiger partial charge in [0.15, 0.2) is 12.4 Å². The molecule has 0 bridgehead atoms. The molecule has 2 heterocycles. The zero-order chi connectivity index (χ0) is 18.6. The highest BCUT2D eigenvalue weighted by molar-refractivity contribution is 5.76. The van der Waals surface area contributed by atoms with Crippen LogP contribution in [-0.2, 0) is 14.3 Å². The first-order valence-corrected chi connectivity index (χ1v) is 8.54. The summed E-state index contributed by atoms with van der Waals surface area (Å²) in [4.78, 5) is 26.3.